The Labute approximate surface area is 121 Å². The van der Waals surface area contributed by atoms with E-state index in [9.17, 15) is 4.79 Å². The summed E-state index contributed by atoms with van der Waals surface area (Å²) in [5.41, 5.74) is 8.83. The van der Waals surface area contributed by atoms with Crippen molar-refractivity contribution < 1.29 is 4.79 Å². The van der Waals surface area contributed by atoms with Crippen molar-refractivity contribution in [2.75, 3.05) is 0 Å². The molecule has 21 heavy (non-hydrogen) atoms. The molecular formula is C15H15N5O. The molecule has 0 unspecified atom stereocenters. The van der Waals surface area contributed by atoms with Crippen molar-refractivity contribution >= 4 is 11.4 Å². The molecule has 0 saturated carbocycles. The first-order chi connectivity index (χ1) is 10.3. The normalized spacial score (nSPS) is 10.7. The second kappa shape index (κ2) is 5.72. The molecule has 0 bridgehead atoms. The molecule has 106 valence electrons. The van der Waals surface area contributed by atoms with Gasteiger partial charge >= 0.3 is 0 Å². The zero-order valence-corrected chi connectivity index (χ0v) is 11.4. The summed E-state index contributed by atoms with van der Waals surface area (Å²) in [4.78, 5) is 16.3. The number of nitrogens with one attached hydrogen (secondary N) is 1. The van der Waals surface area contributed by atoms with Crippen LogP contribution in [0.25, 0.3) is 5.52 Å². The Morgan fingerprint density at radius 3 is 2.95 bits per heavy atom. The van der Waals surface area contributed by atoms with Crippen LogP contribution in [0.5, 0.6) is 0 Å². The van der Waals surface area contributed by atoms with Gasteiger partial charge < -0.3 is 11.1 Å². The molecule has 0 radical (unpaired) electrons. The van der Waals surface area contributed by atoms with Crippen LogP contribution in [-0.4, -0.2) is 20.5 Å². The van der Waals surface area contributed by atoms with Crippen molar-refractivity contribution in [1.82, 2.24) is 19.9 Å². The van der Waals surface area contributed by atoms with Crippen molar-refractivity contribution in [3.05, 3.63) is 65.7 Å². The number of amides is 1. The molecule has 3 aromatic heterocycles. The predicted molar refractivity (Wildman–Crippen MR) is 78.5 cm³/mol. The minimum Gasteiger partial charge on any atom is -0.348 e. The summed E-state index contributed by atoms with van der Waals surface area (Å²) < 4.78 is 1.66. The minimum absolute atomic E-state index is 0.164. The van der Waals surface area contributed by atoms with Crippen LogP contribution >= 0.6 is 0 Å². The van der Waals surface area contributed by atoms with E-state index in [2.05, 4.69) is 15.4 Å². The number of fused-ring (bicyclic) bond motifs is 1. The number of aromatic nitrogens is 3. The van der Waals surface area contributed by atoms with Gasteiger partial charge in [0.25, 0.3) is 5.91 Å². The number of rotatable bonds is 4. The first-order valence-electron chi connectivity index (χ1n) is 6.61. The Balaban J connectivity index is 1.81. The summed E-state index contributed by atoms with van der Waals surface area (Å²) in [7, 11) is 0. The number of hydrogen-bond donors (Lipinski definition) is 2. The second-order valence-electron chi connectivity index (χ2n) is 4.67. The number of carbonyl (C=O) groups is 1. The van der Waals surface area contributed by atoms with E-state index in [1.807, 2.05) is 24.3 Å². The molecule has 6 heteroatoms. The van der Waals surface area contributed by atoms with E-state index in [1.54, 1.807) is 29.3 Å². The Bertz CT molecular complexity index is 766. The number of nitrogens with two attached hydrogens (primary N) is 1. The minimum atomic E-state index is -0.164. The quantitative estimate of drug-likeness (QED) is 0.750. The molecule has 1 amide bonds. The largest absolute Gasteiger partial charge is 0.348 e. The molecule has 3 N–H and O–H groups in total. The highest BCUT2D eigenvalue weighted by Gasteiger charge is 2.12. The average Bonchev–Trinajstić information content (AvgIpc) is 2.96. The topological polar surface area (TPSA) is 85.3 Å². The molecule has 0 aromatic carbocycles. The smallest absolute Gasteiger partial charge is 0.255 e. The summed E-state index contributed by atoms with van der Waals surface area (Å²) in [6, 6.07) is 7.52. The molecular weight excluding hydrogens is 266 g/mol. The predicted octanol–water partition coefficient (Wildman–Crippen LogP) is 1.12. The fourth-order valence-electron chi connectivity index (χ4n) is 2.11. The van der Waals surface area contributed by atoms with Gasteiger partial charge in [0.15, 0.2) is 0 Å². The molecule has 0 aliphatic heterocycles. The highest BCUT2D eigenvalue weighted by molar-refractivity contribution is 6.00. The highest BCUT2D eigenvalue weighted by atomic mass is 16.1. The SMILES string of the molecule is NCc1ccn2ncc(C(=O)NCc3cccnc3)c2c1. The summed E-state index contributed by atoms with van der Waals surface area (Å²) in [6.07, 6.45) is 6.79. The number of pyridine rings is 2. The summed E-state index contributed by atoms with van der Waals surface area (Å²) >= 11 is 0. The van der Waals surface area contributed by atoms with E-state index < -0.39 is 0 Å². The molecule has 0 aliphatic carbocycles. The Kier molecular flexibility index (Phi) is 3.61. The van der Waals surface area contributed by atoms with Crippen LogP contribution in [-0.2, 0) is 13.1 Å². The van der Waals surface area contributed by atoms with Gasteiger partial charge in [-0.3, -0.25) is 9.78 Å². The van der Waals surface area contributed by atoms with Gasteiger partial charge in [-0.05, 0) is 29.3 Å². The number of carbonyl (C=O) groups excluding carboxylic acids is 1. The summed E-state index contributed by atoms with van der Waals surface area (Å²) in [5, 5.41) is 7.04. The van der Waals surface area contributed by atoms with E-state index in [-0.39, 0.29) is 5.91 Å². The van der Waals surface area contributed by atoms with E-state index in [4.69, 9.17) is 5.73 Å². The Morgan fingerprint density at radius 2 is 2.19 bits per heavy atom. The van der Waals surface area contributed by atoms with Crippen LogP contribution in [0.3, 0.4) is 0 Å². The lowest BCUT2D eigenvalue weighted by Gasteiger charge is -2.04. The third kappa shape index (κ3) is 2.75. The maximum absolute atomic E-state index is 12.3. The van der Waals surface area contributed by atoms with Gasteiger partial charge in [0.2, 0.25) is 0 Å². The summed E-state index contributed by atoms with van der Waals surface area (Å²) in [6.45, 7) is 0.860. The molecule has 0 spiro atoms. The van der Waals surface area contributed by atoms with Gasteiger partial charge in [-0.25, -0.2) is 4.52 Å². The maximum atomic E-state index is 12.3. The van der Waals surface area contributed by atoms with Gasteiger partial charge in [-0.2, -0.15) is 5.10 Å². The van der Waals surface area contributed by atoms with Crippen molar-refractivity contribution in [2.45, 2.75) is 13.1 Å². The lowest BCUT2D eigenvalue weighted by Crippen LogP contribution is -2.22. The molecule has 0 aliphatic rings. The maximum Gasteiger partial charge on any atom is 0.255 e. The fraction of sp³-hybridized carbons (Fsp3) is 0.133. The van der Waals surface area contributed by atoms with E-state index in [0.29, 0.717) is 18.7 Å². The third-order valence-corrected chi connectivity index (χ3v) is 3.24. The Hall–Kier alpha value is -2.73. The Morgan fingerprint density at radius 1 is 1.29 bits per heavy atom. The standard InChI is InChI=1S/C15H15N5O/c16-7-11-3-5-20-14(6-11)13(10-19-20)15(21)18-9-12-2-1-4-17-8-12/h1-6,8,10H,7,9,16H2,(H,18,21). The van der Waals surface area contributed by atoms with Crippen LogP contribution < -0.4 is 11.1 Å². The average molecular weight is 281 g/mol. The third-order valence-electron chi connectivity index (χ3n) is 3.24. The van der Waals surface area contributed by atoms with Gasteiger partial charge in [0.05, 0.1) is 17.3 Å². The summed E-state index contributed by atoms with van der Waals surface area (Å²) in [5.74, 6) is -0.164. The fourth-order valence-corrected chi connectivity index (χ4v) is 2.11. The molecule has 0 saturated heterocycles. The van der Waals surface area contributed by atoms with Crippen molar-refractivity contribution in [1.29, 1.82) is 0 Å². The van der Waals surface area contributed by atoms with Gasteiger partial charge in [0.1, 0.15) is 0 Å². The molecule has 3 aromatic rings. The van der Waals surface area contributed by atoms with E-state index >= 15 is 0 Å². The van der Waals surface area contributed by atoms with Crippen LogP contribution in [0.4, 0.5) is 0 Å². The van der Waals surface area contributed by atoms with Gasteiger partial charge in [-0.1, -0.05) is 6.07 Å². The number of hydrogen-bond acceptors (Lipinski definition) is 4. The van der Waals surface area contributed by atoms with Crippen molar-refractivity contribution in [3.8, 4) is 0 Å². The molecule has 6 nitrogen and oxygen atoms in total. The highest BCUT2D eigenvalue weighted by Crippen LogP contribution is 2.12. The van der Waals surface area contributed by atoms with E-state index in [1.165, 1.54) is 0 Å². The van der Waals surface area contributed by atoms with Gasteiger partial charge in [-0.15, -0.1) is 0 Å². The first kappa shape index (κ1) is 13.3. The van der Waals surface area contributed by atoms with Crippen molar-refractivity contribution in [3.63, 3.8) is 0 Å². The lowest BCUT2D eigenvalue weighted by molar-refractivity contribution is 0.0952. The molecule has 0 fully saturated rings. The second-order valence-corrected chi connectivity index (χ2v) is 4.67. The first-order valence-corrected chi connectivity index (χ1v) is 6.61. The zero-order valence-electron chi connectivity index (χ0n) is 11.4. The number of nitrogens with zero attached hydrogens (tertiary/aromatic N) is 3. The molecule has 3 rings (SSSR count). The van der Waals surface area contributed by atoms with Crippen molar-refractivity contribution in [2.24, 2.45) is 5.73 Å². The van der Waals surface area contributed by atoms with Crippen LogP contribution in [0.2, 0.25) is 0 Å². The van der Waals surface area contributed by atoms with Crippen LogP contribution in [0.15, 0.2) is 49.1 Å². The van der Waals surface area contributed by atoms with E-state index in [0.717, 1.165) is 16.6 Å². The lowest BCUT2D eigenvalue weighted by atomic mass is 10.2. The van der Waals surface area contributed by atoms with Gasteiger partial charge in [0, 0.05) is 31.7 Å². The monoisotopic (exact) mass is 281 g/mol. The zero-order chi connectivity index (χ0) is 14.7. The van der Waals surface area contributed by atoms with Crippen LogP contribution in [0.1, 0.15) is 21.5 Å². The molecule has 0 atom stereocenters. The van der Waals surface area contributed by atoms with Crippen LogP contribution in [0, 0.1) is 0 Å². The molecule has 3 heterocycles.